The van der Waals surface area contributed by atoms with Crippen molar-refractivity contribution in [1.82, 2.24) is 0 Å². The number of hydrogen-bond acceptors (Lipinski definition) is 4. The number of dihydropyridines is 1. The molecule has 0 aromatic rings. The molecule has 1 heterocycles. The largest absolute Gasteiger partial charge is 0.490 e. The lowest BCUT2D eigenvalue weighted by Crippen LogP contribution is -2.26. The number of halogens is 3. The van der Waals surface area contributed by atoms with Crippen molar-refractivity contribution in [3.05, 3.63) is 11.6 Å². The number of alkyl halides is 3. The first-order valence-electron chi connectivity index (χ1n) is 4.53. The lowest BCUT2D eigenvalue weighted by Gasteiger charge is -2.12. The number of rotatable bonds is 2. The summed E-state index contributed by atoms with van der Waals surface area (Å²) < 4.78 is 31.7. The molecule has 0 aromatic carbocycles. The first-order chi connectivity index (χ1) is 8.57. The van der Waals surface area contributed by atoms with E-state index in [1.807, 2.05) is 0 Å². The second kappa shape index (κ2) is 6.52. The van der Waals surface area contributed by atoms with Crippen LogP contribution in [0, 0.1) is 5.92 Å². The Balaban J connectivity index is 0.000000399. The standard InChI is InChI=1S/C7H7NO4.C2HF3O2/c9-6(10)4-1-2-8-3-5(4)7(11)12;3-2(4,5)1(6)7/h1-2,5H,3H2,(H,9,10)(H,11,12);(H,6,7). The molecule has 1 atom stereocenters. The molecule has 3 N–H and O–H groups in total. The zero-order chi connectivity index (χ0) is 15.2. The minimum Gasteiger partial charge on any atom is -0.481 e. The third-order valence-electron chi connectivity index (χ3n) is 1.81. The lowest BCUT2D eigenvalue weighted by atomic mass is 9.97. The highest BCUT2D eigenvalue weighted by Crippen LogP contribution is 2.14. The third kappa shape index (κ3) is 5.66. The Morgan fingerprint density at radius 2 is 1.68 bits per heavy atom. The summed E-state index contributed by atoms with van der Waals surface area (Å²) >= 11 is 0. The van der Waals surface area contributed by atoms with Crippen molar-refractivity contribution in [2.45, 2.75) is 6.18 Å². The van der Waals surface area contributed by atoms with E-state index in [9.17, 15) is 22.8 Å². The topological polar surface area (TPSA) is 124 Å². The highest BCUT2D eigenvalue weighted by Gasteiger charge is 2.38. The molecule has 0 amide bonds. The van der Waals surface area contributed by atoms with Crippen LogP contribution >= 0.6 is 0 Å². The van der Waals surface area contributed by atoms with E-state index >= 15 is 0 Å². The molecule has 7 nitrogen and oxygen atoms in total. The summed E-state index contributed by atoms with van der Waals surface area (Å²) in [5.41, 5.74) is -0.113. The molecule has 106 valence electrons. The summed E-state index contributed by atoms with van der Waals surface area (Å²) in [5.74, 6) is -6.12. The molecule has 1 aliphatic heterocycles. The van der Waals surface area contributed by atoms with Crippen LogP contribution in [0.3, 0.4) is 0 Å². The van der Waals surface area contributed by atoms with Crippen molar-refractivity contribution in [2.75, 3.05) is 6.54 Å². The summed E-state index contributed by atoms with van der Waals surface area (Å²) in [6, 6.07) is 0. The van der Waals surface area contributed by atoms with Gasteiger partial charge in [-0.2, -0.15) is 13.2 Å². The maximum Gasteiger partial charge on any atom is 0.490 e. The molecule has 0 aliphatic carbocycles. The van der Waals surface area contributed by atoms with E-state index in [4.69, 9.17) is 20.1 Å². The van der Waals surface area contributed by atoms with E-state index in [0.717, 1.165) is 0 Å². The molecule has 19 heavy (non-hydrogen) atoms. The Morgan fingerprint density at radius 3 is 1.95 bits per heavy atom. The van der Waals surface area contributed by atoms with Gasteiger partial charge in [0.05, 0.1) is 12.1 Å². The van der Waals surface area contributed by atoms with Gasteiger partial charge in [0.2, 0.25) is 0 Å². The average molecular weight is 283 g/mol. The Hall–Kier alpha value is -2.39. The first kappa shape index (κ1) is 16.6. The van der Waals surface area contributed by atoms with Crippen molar-refractivity contribution < 1.29 is 42.9 Å². The summed E-state index contributed by atoms with van der Waals surface area (Å²) in [7, 11) is 0. The number of allylic oxidation sites excluding steroid dienone is 1. The second-order valence-electron chi connectivity index (χ2n) is 3.14. The fourth-order valence-electron chi connectivity index (χ4n) is 0.945. The lowest BCUT2D eigenvalue weighted by molar-refractivity contribution is -0.192. The van der Waals surface area contributed by atoms with Crippen molar-refractivity contribution in [1.29, 1.82) is 0 Å². The van der Waals surface area contributed by atoms with E-state index in [1.165, 1.54) is 12.3 Å². The van der Waals surface area contributed by atoms with Crippen LogP contribution in [0.1, 0.15) is 0 Å². The minimum absolute atomic E-state index is 0.00741. The average Bonchev–Trinajstić information content (AvgIpc) is 2.28. The Kier molecular flexibility index (Phi) is 5.70. The van der Waals surface area contributed by atoms with Gasteiger partial charge in [-0.1, -0.05) is 0 Å². The molecule has 0 bridgehead atoms. The highest BCUT2D eigenvalue weighted by atomic mass is 19.4. The molecular formula is C9H8F3NO6. The molecule has 0 fully saturated rings. The number of carboxylic acids is 3. The molecule has 0 spiro atoms. The van der Waals surface area contributed by atoms with Crippen molar-refractivity contribution in [3.63, 3.8) is 0 Å². The van der Waals surface area contributed by atoms with Gasteiger partial charge in [-0.05, 0) is 6.08 Å². The fraction of sp³-hybridized carbons (Fsp3) is 0.333. The Labute approximate surface area is 103 Å². The van der Waals surface area contributed by atoms with E-state index in [2.05, 4.69) is 4.99 Å². The maximum atomic E-state index is 10.6. The van der Waals surface area contributed by atoms with Crippen LogP contribution in [0.25, 0.3) is 0 Å². The van der Waals surface area contributed by atoms with Crippen LogP contribution in [0.15, 0.2) is 16.6 Å². The zero-order valence-corrected chi connectivity index (χ0v) is 9.09. The van der Waals surface area contributed by atoms with E-state index in [0.29, 0.717) is 0 Å². The molecule has 1 unspecified atom stereocenters. The number of carboxylic acid groups (broad SMARTS) is 3. The van der Waals surface area contributed by atoms with Crippen molar-refractivity contribution >= 4 is 24.1 Å². The van der Waals surface area contributed by atoms with Crippen LogP contribution < -0.4 is 0 Å². The molecule has 10 heteroatoms. The van der Waals surface area contributed by atoms with Gasteiger partial charge in [-0.3, -0.25) is 9.79 Å². The quantitative estimate of drug-likeness (QED) is 0.674. The summed E-state index contributed by atoms with van der Waals surface area (Å²) in [5, 5.41) is 24.3. The highest BCUT2D eigenvalue weighted by molar-refractivity contribution is 5.98. The van der Waals surface area contributed by atoms with Gasteiger partial charge in [0.15, 0.2) is 0 Å². The van der Waals surface area contributed by atoms with Gasteiger partial charge in [0.1, 0.15) is 5.92 Å². The molecule has 0 saturated heterocycles. The summed E-state index contributed by atoms with van der Waals surface area (Å²) in [6.07, 6.45) is -2.56. The van der Waals surface area contributed by atoms with Crippen LogP contribution in [-0.4, -0.2) is 52.2 Å². The zero-order valence-electron chi connectivity index (χ0n) is 9.09. The molecular weight excluding hydrogens is 275 g/mol. The monoisotopic (exact) mass is 283 g/mol. The molecule has 0 aromatic heterocycles. The van der Waals surface area contributed by atoms with Crippen molar-refractivity contribution in [2.24, 2.45) is 10.9 Å². The van der Waals surface area contributed by atoms with Gasteiger partial charge < -0.3 is 15.3 Å². The second-order valence-corrected chi connectivity index (χ2v) is 3.14. The molecule has 0 saturated carbocycles. The predicted octanol–water partition coefficient (Wildman–Crippen LogP) is 0.416. The van der Waals surface area contributed by atoms with Gasteiger partial charge >= 0.3 is 24.1 Å². The molecule has 0 radical (unpaired) electrons. The smallest absolute Gasteiger partial charge is 0.481 e. The SMILES string of the molecule is O=C(O)C(F)(F)F.O=C(O)C1=CC=NCC1C(=O)O. The Bertz CT molecular complexity index is 440. The van der Waals surface area contributed by atoms with Crippen LogP contribution in [0.5, 0.6) is 0 Å². The van der Waals surface area contributed by atoms with Gasteiger partial charge in [-0.15, -0.1) is 0 Å². The summed E-state index contributed by atoms with van der Waals surface area (Å²) in [4.78, 5) is 33.5. The number of carbonyl (C=O) groups is 3. The minimum atomic E-state index is -5.08. The number of hydrogen-bond donors (Lipinski definition) is 3. The Morgan fingerprint density at radius 1 is 1.21 bits per heavy atom. The van der Waals surface area contributed by atoms with E-state index in [1.54, 1.807) is 0 Å². The number of nitrogens with zero attached hydrogens (tertiary/aromatic N) is 1. The molecule has 1 aliphatic rings. The number of aliphatic imine (C=N–C) groups is 1. The van der Waals surface area contributed by atoms with Gasteiger partial charge in [-0.25, -0.2) is 9.59 Å². The molecule has 1 rings (SSSR count). The van der Waals surface area contributed by atoms with Gasteiger partial charge in [0.25, 0.3) is 0 Å². The van der Waals surface area contributed by atoms with Crippen LogP contribution in [0.4, 0.5) is 13.2 Å². The van der Waals surface area contributed by atoms with Crippen LogP contribution in [0.2, 0.25) is 0 Å². The fourth-order valence-corrected chi connectivity index (χ4v) is 0.945. The van der Waals surface area contributed by atoms with Crippen molar-refractivity contribution in [3.8, 4) is 0 Å². The third-order valence-corrected chi connectivity index (χ3v) is 1.81. The normalized spacial score (nSPS) is 17.8. The van der Waals surface area contributed by atoms with E-state index in [-0.39, 0.29) is 12.1 Å². The van der Waals surface area contributed by atoms with E-state index < -0.39 is 30.0 Å². The van der Waals surface area contributed by atoms with Gasteiger partial charge in [0, 0.05) is 6.21 Å². The van der Waals surface area contributed by atoms with Crippen LogP contribution in [-0.2, 0) is 14.4 Å². The maximum absolute atomic E-state index is 10.6. The predicted molar refractivity (Wildman–Crippen MR) is 53.9 cm³/mol. The number of aliphatic carboxylic acids is 3. The first-order valence-corrected chi connectivity index (χ1v) is 4.53. The summed E-state index contributed by atoms with van der Waals surface area (Å²) in [6.45, 7) is 0.00741.